The zero-order valence-electron chi connectivity index (χ0n) is 29.5. The lowest BCUT2D eigenvalue weighted by Crippen LogP contribution is -2.54. The summed E-state index contributed by atoms with van der Waals surface area (Å²) in [5.74, 6) is 0.325. The van der Waals surface area contributed by atoms with E-state index in [9.17, 15) is 18.0 Å². The van der Waals surface area contributed by atoms with E-state index in [0.29, 0.717) is 17.9 Å². The fourth-order valence-corrected chi connectivity index (χ4v) is 6.97. The van der Waals surface area contributed by atoms with Gasteiger partial charge in [-0.25, -0.2) is 8.42 Å². The Morgan fingerprint density at radius 2 is 1.25 bits per heavy atom. The van der Waals surface area contributed by atoms with Crippen LogP contribution in [-0.4, -0.2) is 43.8 Å². The molecular weight excluding hydrogens is 659 g/mol. The molecule has 0 unspecified atom stereocenters. The highest BCUT2D eigenvalue weighted by Gasteiger charge is 2.35. The van der Waals surface area contributed by atoms with Gasteiger partial charge in [-0.15, -0.1) is 0 Å². The molecule has 0 aromatic heterocycles. The number of carbonyl (C=O) groups excluding carboxylic acids is 2. The van der Waals surface area contributed by atoms with Crippen LogP contribution in [0.4, 0.5) is 5.69 Å². The molecule has 0 fully saturated rings. The number of carbonyl (C=O) groups is 2. The van der Waals surface area contributed by atoms with Crippen LogP contribution in [0.3, 0.4) is 0 Å². The van der Waals surface area contributed by atoms with E-state index in [1.807, 2.05) is 113 Å². The Kier molecular flexibility index (Phi) is 12.3. The topological polar surface area (TPSA) is 96.0 Å². The molecule has 5 aromatic carbocycles. The zero-order valence-corrected chi connectivity index (χ0v) is 30.3. The number of rotatable bonds is 15. The highest BCUT2D eigenvalue weighted by Crippen LogP contribution is 2.29. The van der Waals surface area contributed by atoms with Crippen LogP contribution in [0.5, 0.6) is 11.5 Å². The molecule has 5 rings (SSSR count). The van der Waals surface area contributed by atoms with Gasteiger partial charge in [0.05, 0.1) is 10.6 Å². The molecule has 0 aliphatic rings. The second-order valence-electron chi connectivity index (χ2n) is 12.8. The minimum Gasteiger partial charge on any atom is -0.457 e. The van der Waals surface area contributed by atoms with Gasteiger partial charge in [-0.2, -0.15) is 0 Å². The molecule has 5 aromatic rings. The van der Waals surface area contributed by atoms with E-state index in [1.54, 1.807) is 36.4 Å². The molecule has 2 atom stereocenters. The normalized spacial score (nSPS) is 12.4. The second kappa shape index (κ2) is 17.0. The number of ether oxygens (including phenoxy) is 1. The molecular formula is C42H45N3O5S. The number of benzene rings is 5. The summed E-state index contributed by atoms with van der Waals surface area (Å²) in [7, 11) is -4.23. The smallest absolute Gasteiger partial charge is 0.264 e. The molecule has 1 N–H and O–H groups in total. The summed E-state index contributed by atoms with van der Waals surface area (Å²) in [6.45, 7) is 7.33. The zero-order chi connectivity index (χ0) is 36.4. The minimum absolute atomic E-state index is 0.0472. The number of amides is 2. The van der Waals surface area contributed by atoms with Crippen molar-refractivity contribution in [3.63, 3.8) is 0 Å². The summed E-state index contributed by atoms with van der Waals surface area (Å²) < 4.78 is 35.9. The first-order chi connectivity index (χ1) is 24.5. The fourth-order valence-electron chi connectivity index (χ4n) is 5.56. The van der Waals surface area contributed by atoms with Crippen LogP contribution in [0, 0.1) is 13.8 Å². The predicted molar refractivity (Wildman–Crippen MR) is 202 cm³/mol. The van der Waals surface area contributed by atoms with E-state index >= 15 is 0 Å². The number of hydrogen-bond donors (Lipinski definition) is 1. The van der Waals surface area contributed by atoms with Crippen LogP contribution in [-0.2, 0) is 32.6 Å². The molecule has 0 aliphatic heterocycles. The third kappa shape index (κ3) is 9.86. The van der Waals surface area contributed by atoms with Crippen LogP contribution in [0.25, 0.3) is 0 Å². The van der Waals surface area contributed by atoms with Crippen LogP contribution >= 0.6 is 0 Å². The largest absolute Gasteiger partial charge is 0.457 e. The van der Waals surface area contributed by atoms with Crippen molar-refractivity contribution in [2.24, 2.45) is 0 Å². The van der Waals surface area contributed by atoms with Crippen molar-refractivity contribution in [3.05, 3.63) is 156 Å². The maximum atomic E-state index is 14.7. The molecule has 0 heterocycles. The van der Waals surface area contributed by atoms with E-state index in [4.69, 9.17) is 4.74 Å². The van der Waals surface area contributed by atoms with E-state index < -0.39 is 28.5 Å². The molecule has 0 spiro atoms. The maximum absolute atomic E-state index is 14.7. The number of anilines is 1. The second-order valence-corrected chi connectivity index (χ2v) is 14.6. The summed E-state index contributed by atoms with van der Waals surface area (Å²) in [6.07, 6.45) is 0.958. The van der Waals surface area contributed by atoms with Gasteiger partial charge in [0.25, 0.3) is 10.0 Å². The number of sulfonamides is 1. The summed E-state index contributed by atoms with van der Waals surface area (Å²) in [6, 6.07) is 38.6. The van der Waals surface area contributed by atoms with Crippen molar-refractivity contribution in [1.29, 1.82) is 0 Å². The summed E-state index contributed by atoms with van der Waals surface area (Å²) >= 11 is 0. The van der Waals surface area contributed by atoms with E-state index in [0.717, 1.165) is 26.6 Å². The van der Waals surface area contributed by atoms with E-state index in [1.165, 1.54) is 17.0 Å². The average Bonchev–Trinajstić information content (AvgIpc) is 3.14. The Morgan fingerprint density at radius 3 is 1.84 bits per heavy atom. The van der Waals surface area contributed by atoms with Gasteiger partial charge in [0, 0.05) is 19.0 Å². The number of para-hydroxylation sites is 1. The van der Waals surface area contributed by atoms with Crippen LogP contribution < -0.4 is 14.4 Å². The van der Waals surface area contributed by atoms with Gasteiger partial charge in [-0.3, -0.25) is 13.9 Å². The van der Waals surface area contributed by atoms with Crippen molar-refractivity contribution in [2.75, 3.05) is 10.8 Å². The monoisotopic (exact) mass is 703 g/mol. The predicted octanol–water partition coefficient (Wildman–Crippen LogP) is 7.85. The molecule has 264 valence electrons. The Balaban J connectivity index is 1.56. The van der Waals surface area contributed by atoms with Crippen LogP contribution in [0.15, 0.2) is 138 Å². The fraction of sp³-hybridized carbons (Fsp3) is 0.238. The Morgan fingerprint density at radius 1 is 0.706 bits per heavy atom. The number of nitrogens with zero attached hydrogens (tertiary/aromatic N) is 2. The van der Waals surface area contributed by atoms with E-state index in [-0.39, 0.29) is 35.5 Å². The van der Waals surface area contributed by atoms with Crippen LogP contribution in [0.1, 0.15) is 42.5 Å². The van der Waals surface area contributed by atoms with Crippen molar-refractivity contribution >= 4 is 27.5 Å². The quantitative estimate of drug-likeness (QED) is 0.120. The van der Waals surface area contributed by atoms with Gasteiger partial charge in [0.15, 0.2) is 0 Å². The van der Waals surface area contributed by atoms with Gasteiger partial charge in [0.2, 0.25) is 11.8 Å². The third-order valence-electron chi connectivity index (χ3n) is 8.74. The lowest BCUT2D eigenvalue weighted by molar-refractivity contribution is -0.140. The molecule has 9 heteroatoms. The van der Waals surface area contributed by atoms with Gasteiger partial charge < -0.3 is 15.0 Å². The van der Waals surface area contributed by atoms with Gasteiger partial charge in [-0.1, -0.05) is 103 Å². The number of nitrogens with one attached hydrogen (secondary N) is 1. The first kappa shape index (κ1) is 36.9. The highest BCUT2D eigenvalue weighted by molar-refractivity contribution is 7.92. The summed E-state index contributed by atoms with van der Waals surface area (Å²) in [5, 5.41) is 3.07. The number of hydrogen-bond acceptors (Lipinski definition) is 5. The Bertz CT molecular complexity index is 1980. The molecule has 0 saturated carbocycles. The van der Waals surface area contributed by atoms with Crippen LogP contribution in [0.2, 0.25) is 0 Å². The maximum Gasteiger partial charge on any atom is 0.264 e. The van der Waals surface area contributed by atoms with Crippen molar-refractivity contribution in [1.82, 2.24) is 10.2 Å². The Hall–Kier alpha value is -5.41. The molecule has 0 radical (unpaired) electrons. The highest BCUT2D eigenvalue weighted by atomic mass is 32.2. The molecule has 0 saturated heterocycles. The number of aryl methyl sites for hydroxylation is 2. The minimum atomic E-state index is -4.23. The molecule has 0 aliphatic carbocycles. The molecule has 0 bridgehead atoms. The summed E-state index contributed by atoms with van der Waals surface area (Å²) in [4.78, 5) is 30.4. The first-order valence-electron chi connectivity index (χ1n) is 17.1. The molecule has 2 amide bonds. The van der Waals surface area contributed by atoms with Crippen molar-refractivity contribution < 1.29 is 22.7 Å². The van der Waals surface area contributed by atoms with Gasteiger partial charge in [0.1, 0.15) is 24.1 Å². The van der Waals surface area contributed by atoms with Crippen molar-refractivity contribution in [2.45, 2.75) is 64.1 Å². The van der Waals surface area contributed by atoms with Gasteiger partial charge in [-0.05, 0) is 86.8 Å². The lowest BCUT2D eigenvalue weighted by atomic mass is 10.0. The Labute approximate surface area is 301 Å². The summed E-state index contributed by atoms with van der Waals surface area (Å²) in [5.41, 5.74) is 3.94. The average molecular weight is 704 g/mol. The molecule has 8 nitrogen and oxygen atoms in total. The third-order valence-corrected chi connectivity index (χ3v) is 10.5. The van der Waals surface area contributed by atoms with Gasteiger partial charge >= 0.3 is 0 Å². The SMILES string of the molecule is CC[C@H](C)NC(=O)[C@@H](Cc1ccccc1)N(Cc1ccc(C)cc1)C(=O)CN(c1ccc(Oc2ccccc2)cc1)S(=O)(=O)c1ccc(C)cc1. The lowest BCUT2D eigenvalue weighted by Gasteiger charge is -2.34. The standard InChI is InChI=1S/C42H45N3O5S/c1-5-33(4)43-42(47)40(28-34-12-8-6-9-13-34)44(29-35-20-16-31(2)17-21-35)41(46)30-45(51(48,49)39-26-18-32(3)19-27-39)36-22-24-38(25-23-36)50-37-14-10-7-11-15-37/h6-27,33,40H,5,28-30H2,1-4H3,(H,43,47)/t33-,40+/m0/s1. The van der Waals surface area contributed by atoms with Crippen molar-refractivity contribution in [3.8, 4) is 11.5 Å². The first-order valence-corrected chi connectivity index (χ1v) is 18.6. The molecule has 51 heavy (non-hydrogen) atoms. The van der Waals surface area contributed by atoms with E-state index in [2.05, 4.69) is 5.32 Å².